The first-order valence-corrected chi connectivity index (χ1v) is 8.89. The van der Waals surface area contributed by atoms with Crippen LogP contribution in [-0.4, -0.2) is 23.3 Å². The lowest BCUT2D eigenvalue weighted by Crippen LogP contribution is -2.28. The van der Waals surface area contributed by atoms with Crippen LogP contribution in [-0.2, 0) is 17.6 Å². The molecule has 0 radical (unpaired) electrons. The van der Waals surface area contributed by atoms with Gasteiger partial charge < -0.3 is 10.2 Å². The summed E-state index contributed by atoms with van der Waals surface area (Å²) in [6.45, 7) is 0.629. The molecule has 27 heavy (non-hydrogen) atoms. The van der Waals surface area contributed by atoms with Crippen LogP contribution in [0.25, 0.3) is 0 Å². The zero-order chi connectivity index (χ0) is 18.6. The van der Waals surface area contributed by atoms with Gasteiger partial charge in [0.15, 0.2) is 0 Å². The molecule has 4 rings (SSSR count). The Morgan fingerprint density at radius 2 is 1.89 bits per heavy atom. The van der Waals surface area contributed by atoms with Crippen molar-refractivity contribution >= 4 is 23.2 Å². The Labute approximate surface area is 157 Å². The molecule has 2 amide bonds. The van der Waals surface area contributed by atoms with E-state index in [-0.39, 0.29) is 11.8 Å². The average Bonchev–Trinajstić information content (AvgIpc) is 3.12. The first-order valence-electron chi connectivity index (χ1n) is 8.89. The van der Waals surface area contributed by atoms with Gasteiger partial charge in [0.2, 0.25) is 5.91 Å². The Balaban J connectivity index is 1.47. The van der Waals surface area contributed by atoms with Crippen molar-refractivity contribution in [2.75, 3.05) is 16.8 Å². The number of aromatic nitrogens is 1. The van der Waals surface area contributed by atoms with E-state index < -0.39 is 0 Å². The summed E-state index contributed by atoms with van der Waals surface area (Å²) in [4.78, 5) is 30.7. The van der Waals surface area contributed by atoms with Crippen LogP contribution in [0.4, 0.5) is 11.4 Å². The molecule has 0 unspecified atom stereocenters. The molecule has 1 N–H and O–H groups in total. The first-order chi connectivity index (χ1) is 13.2. The van der Waals surface area contributed by atoms with Crippen LogP contribution >= 0.6 is 0 Å². The maximum Gasteiger partial charge on any atom is 0.259 e. The zero-order valence-corrected chi connectivity index (χ0v) is 14.8. The Hall–Kier alpha value is -3.47. The van der Waals surface area contributed by atoms with Crippen LogP contribution in [0.5, 0.6) is 0 Å². The molecular formula is C22H19N3O2. The number of pyridine rings is 1. The number of benzene rings is 2. The third-order valence-corrected chi connectivity index (χ3v) is 4.62. The molecule has 134 valence electrons. The van der Waals surface area contributed by atoms with Crippen LogP contribution < -0.4 is 10.2 Å². The molecular weight excluding hydrogens is 338 g/mol. The predicted octanol–water partition coefficient (Wildman–Crippen LogP) is 3.47. The van der Waals surface area contributed by atoms with Crippen LogP contribution in [0.3, 0.4) is 0 Å². The Morgan fingerprint density at radius 3 is 2.67 bits per heavy atom. The minimum atomic E-state index is -0.0533. The standard InChI is InChI=1S/C22H19N3O2/c26-21(13-16-5-2-1-3-6-16)24-19-8-9-20-17(14-19)10-12-25(20)22(27)18-7-4-11-23-15-18/h1-9,11,14-15H,10,12-13H2,(H,24,26). The number of rotatable bonds is 4. The van der Waals surface area contributed by atoms with E-state index in [4.69, 9.17) is 0 Å². The molecule has 0 fully saturated rings. The van der Waals surface area contributed by atoms with Gasteiger partial charge in [-0.05, 0) is 47.9 Å². The molecule has 1 aliphatic rings. The van der Waals surface area contributed by atoms with Gasteiger partial charge in [0.25, 0.3) is 5.91 Å². The van der Waals surface area contributed by atoms with Gasteiger partial charge in [-0.25, -0.2) is 0 Å². The molecule has 0 saturated carbocycles. The summed E-state index contributed by atoms with van der Waals surface area (Å²) in [5, 5.41) is 2.94. The Bertz CT molecular complexity index is 971. The van der Waals surface area contributed by atoms with Crippen molar-refractivity contribution in [3.05, 3.63) is 89.7 Å². The van der Waals surface area contributed by atoms with E-state index in [9.17, 15) is 9.59 Å². The third-order valence-electron chi connectivity index (χ3n) is 4.62. The van der Waals surface area contributed by atoms with Crippen molar-refractivity contribution < 1.29 is 9.59 Å². The number of fused-ring (bicyclic) bond motifs is 1. The number of nitrogens with one attached hydrogen (secondary N) is 1. The van der Waals surface area contributed by atoms with E-state index in [1.807, 2.05) is 48.5 Å². The minimum absolute atomic E-state index is 0.0530. The maximum absolute atomic E-state index is 12.7. The summed E-state index contributed by atoms with van der Waals surface area (Å²) in [6, 6.07) is 18.9. The van der Waals surface area contributed by atoms with E-state index in [1.54, 1.807) is 29.4 Å². The fourth-order valence-electron chi connectivity index (χ4n) is 3.32. The average molecular weight is 357 g/mol. The van der Waals surface area contributed by atoms with Crippen LogP contribution in [0, 0.1) is 0 Å². The summed E-state index contributed by atoms with van der Waals surface area (Å²) in [7, 11) is 0. The lowest BCUT2D eigenvalue weighted by molar-refractivity contribution is -0.115. The van der Waals surface area contributed by atoms with Crippen molar-refractivity contribution in [2.45, 2.75) is 12.8 Å². The molecule has 2 heterocycles. The lowest BCUT2D eigenvalue weighted by atomic mass is 10.1. The van der Waals surface area contributed by atoms with Crippen LogP contribution in [0.15, 0.2) is 73.1 Å². The van der Waals surface area contributed by atoms with Crippen molar-refractivity contribution in [2.24, 2.45) is 0 Å². The van der Waals surface area contributed by atoms with Gasteiger partial charge in [0, 0.05) is 30.3 Å². The molecule has 1 aromatic heterocycles. The van der Waals surface area contributed by atoms with E-state index in [0.717, 1.165) is 28.9 Å². The monoisotopic (exact) mass is 357 g/mol. The second kappa shape index (κ2) is 7.41. The van der Waals surface area contributed by atoms with Crippen molar-refractivity contribution in [1.82, 2.24) is 4.98 Å². The molecule has 0 spiro atoms. The van der Waals surface area contributed by atoms with E-state index in [1.165, 1.54) is 0 Å². The summed E-state index contributed by atoms with van der Waals surface area (Å²) in [5.41, 5.74) is 4.26. The van der Waals surface area contributed by atoms with Gasteiger partial charge in [0.05, 0.1) is 12.0 Å². The van der Waals surface area contributed by atoms with Crippen molar-refractivity contribution in [1.29, 1.82) is 0 Å². The maximum atomic E-state index is 12.7. The van der Waals surface area contributed by atoms with E-state index in [2.05, 4.69) is 10.3 Å². The fraction of sp³-hybridized carbons (Fsp3) is 0.136. The van der Waals surface area contributed by atoms with Gasteiger partial charge in [-0.15, -0.1) is 0 Å². The lowest BCUT2D eigenvalue weighted by Gasteiger charge is -2.17. The Morgan fingerprint density at radius 1 is 1.04 bits per heavy atom. The van der Waals surface area contributed by atoms with Gasteiger partial charge in [-0.2, -0.15) is 0 Å². The van der Waals surface area contributed by atoms with Gasteiger partial charge >= 0.3 is 0 Å². The highest BCUT2D eigenvalue weighted by Gasteiger charge is 2.26. The quantitative estimate of drug-likeness (QED) is 0.778. The van der Waals surface area contributed by atoms with Gasteiger partial charge in [-0.1, -0.05) is 30.3 Å². The number of hydrogen-bond acceptors (Lipinski definition) is 3. The summed E-state index contributed by atoms with van der Waals surface area (Å²) in [6.07, 6.45) is 4.34. The number of carbonyl (C=O) groups excluding carboxylic acids is 2. The van der Waals surface area contributed by atoms with Crippen LogP contribution in [0.2, 0.25) is 0 Å². The third kappa shape index (κ3) is 3.72. The Kier molecular flexibility index (Phi) is 4.66. The molecule has 5 heteroatoms. The normalized spacial score (nSPS) is 12.5. The summed E-state index contributed by atoms with van der Waals surface area (Å²) >= 11 is 0. The van der Waals surface area contributed by atoms with Crippen LogP contribution in [0.1, 0.15) is 21.5 Å². The molecule has 0 bridgehead atoms. The van der Waals surface area contributed by atoms with Gasteiger partial charge in [0.1, 0.15) is 0 Å². The zero-order valence-electron chi connectivity index (χ0n) is 14.8. The van der Waals surface area contributed by atoms with Gasteiger partial charge in [-0.3, -0.25) is 14.6 Å². The number of carbonyl (C=O) groups is 2. The van der Waals surface area contributed by atoms with Crippen molar-refractivity contribution in [3.63, 3.8) is 0 Å². The predicted molar refractivity (Wildman–Crippen MR) is 105 cm³/mol. The molecule has 1 aliphatic heterocycles. The molecule has 5 nitrogen and oxygen atoms in total. The highest BCUT2D eigenvalue weighted by molar-refractivity contribution is 6.07. The first kappa shape index (κ1) is 17.0. The molecule has 3 aromatic rings. The summed E-state index contributed by atoms with van der Waals surface area (Å²) < 4.78 is 0. The molecule has 0 aliphatic carbocycles. The van der Waals surface area contributed by atoms with E-state index in [0.29, 0.717) is 18.5 Å². The number of anilines is 2. The largest absolute Gasteiger partial charge is 0.326 e. The smallest absolute Gasteiger partial charge is 0.259 e. The second-order valence-corrected chi connectivity index (χ2v) is 6.50. The minimum Gasteiger partial charge on any atom is -0.326 e. The SMILES string of the molecule is O=C(Cc1ccccc1)Nc1ccc2c(c1)CCN2C(=O)c1cccnc1. The van der Waals surface area contributed by atoms with Crippen molar-refractivity contribution in [3.8, 4) is 0 Å². The molecule has 0 saturated heterocycles. The fourth-order valence-corrected chi connectivity index (χ4v) is 3.32. The highest BCUT2D eigenvalue weighted by Crippen LogP contribution is 2.31. The molecule has 0 atom stereocenters. The highest BCUT2D eigenvalue weighted by atomic mass is 16.2. The second-order valence-electron chi connectivity index (χ2n) is 6.50. The number of amides is 2. The van der Waals surface area contributed by atoms with E-state index >= 15 is 0 Å². The molecule has 2 aromatic carbocycles. The summed E-state index contributed by atoms with van der Waals surface area (Å²) in [5.74, 6) is -0.106. The number of hydrogen-bond donors (Lipinski definition) is 1. The number of nitrogens with zero attached hydrogens (tertiary/aromatic N) is 2. The topological polar surface area (TPSA) is 62.3 Å².